The lowest BCUT2D eigenvalue weighted by atomic mass is 9.84. The van der Waals surface area contributed by atoms with E-state index in [0.29, 0.717) is 11.5 Å². The highest BCUT2D eigenvalue weighted by Crippen LogP contribution is 2.33. The fourth-order valence-corrected chi connectivity index (χ4v) is 8.09. The lowest BCUT2D eigenvalue weighted by molar-refractivity contribution is -0.118. The average molecular weight is 726 g/mol. The van der Waals surface area contributed by atoms with Gasteiger partial charge in [-0.05, 0) is 54.2 Å². The van der Waals surface area contributed by atoms with Crippen LogP contribution in [0.25, 0.3) is 0 Å². The van der Waals surface area contributed by atoms with E-state index in [4.69, 9.17) is 0 Å². The van der Waals surface area contributed by atoms with E-state index in [1.807, 2.05) is 24.3 Å². The van der Waals surface area contributed by atoms with Crippen molar-refractivity contribution >= 4 is 37.3 Å². The maximum absolute atomic E-state index is 14.5. The number of carbonyl (C=O) groups is 1. The predicted octanol–water partition coefficient (Wildman–Crippen LogP) is 5.82. The quantitative estimate of drug-likeness (QED) is 0.118. The summed E-state index contributed by atoms with van der Waals surface area (Å²) in [5.74, 6) is -13.1. The summed E-state index contributed by atoms with van der Waals surface area (Å²) in [5, 5.41) is -0.108. The maximum Gasteiger partial charge on any atom is 0.279 e. The molecule has 0 atom stereocenters. The summed E-state index contributed by atoms with van der Waals surface area (Å²) < 4.78 is 126. The Morgan fingerprint density at radius 1 is 0.857 bits per heavy atom. The molecule has 0 bridgehead atoms. The Morgan fingerprint density at radius 2 is 1.43 bits per heavy atom. The Kier molecular flexibility index (Phi) is 10.5. The van der Waals surface area contributed by atoms with Crippen molar-refractivity contribution in [3.05, 3.63) is 101 Å². The van der Waals surface area contributed by atoms with Crippen molar-refractivity contribution in [2.24, 2.45) is 7.05 Å². The van der Waals surface area contributed by atoms with Gasteiger partial charge in [-0.3, -0.25) is 9.52 Å². The molecule has 10 nitrogen and oxygen atoms in total. The number of halogens is 5. The van der Waals surface area contributed by atoms with Gasteiger partial charge in [0.1, 0.15) is 0 Å². The molecular formula is C32H32F5N5O5S2. The van der Waals surface area contributed by atoms with Crippen LogP contribution in [0.4, 0.5) is 33.3 Å². The molecule has 1 saturated carbocycles. The number of nitrogens with zero attached hydrogens (tertiary/aromatic N) is 4. The highest BCUT2D eigenvalue weighted by atomic mass is 32.2. The molecule has 3 aromatic carbocycles. The zero-order valence-corrected chi connectivity index (χ0v) is 28.0. The second-order valence-corrected chi connectivity index (χ2v) is 15.3. The van der Waals surface area contributed by atoms with Crippen LogP contribution in [0.3, 0.4) is 0 Å². The number of carbonyl (C=O) groups excluding carboxylic acids is 1. The molecule has 0 saturated heterocycles. The monoisotopic (exact) mass is 725 g/mol. The molecule has 1 aliphatic rings. The topological polar surface area (TPSA) is 122 Å². The summed E-state index contributed by atoms with van der Waals surface area (Å²) in [5.41, 5.74) is 2.09. The van der Waals surface area contributed by atoms with Gasteiger partial charge in [-0.15, -0.1) is 0 Å². The molecule has 1 N–H and O–H groups in total. The smallest absolute Gasteiger partial charge is 0.279 e. The van der Waals surface area contributed by atoms with Crippen LogP contribution < -0.4 is 9.62 Å². The third kappa shape index (κ3) is 7.47. The number of imidazole rings is 1. The molecule has 1 aromatic heterocycles. The zero-order valence-electron chi connectivity index (χ0n) is 26.3. The number of aromatic nitrogens is 2. The number of anilines is 2. The number of hydrogen-bond donors (Lipinski definition) is 1. The Bertz CT molecular complexity index is 2040. The fraction of sp³-hybridized carbons (Fsp3) is 0.312. The first-order valence-electron chi connectivity index (χ1n) is 15.1. The van der Waals surface area contributed by atoms with E-state index in [0.717, 1.165) is 49.4 Å². The molecule has 5 rings (SSSR count). The van der Waals surface area contributed by atoms with Crippen LogP contribution >= 0.6 is 0 Å². The lowest BCUT2D eigenvalue weighted by Crippen LogP contribution is -2.41. The van der Waals surface area contributed by atoms with E-state index in [9.17, 15) is 43.6 Å². The van der Waals surface area contributed by atoms with Crippen molar-refractivity contribution in [3.8, 4) is 0 Å². The van der Waals surface area contributed by atoms with E-state index < -0.39 is 66.5 Å². The summed E-state index contributed by atoms with van der Waals surface area (Å²) in [6.07, 6.45) is 8.03. The number of benzene rings is 3. The number of sulfonamides is 2. The summed E-state index contributed by atoms with van der Waals surface area (Å²) >= 11 is 0. The number of likely N-dealkylation sites (N-methyl/N-ethyl adjacent to an activating group) is 1. The van der Waals surface area contributed by atoms with Gasteiger partial charge in [0.2, 0.25) is 21.7 Å². The normalized spacial score (nSPS) is 14.3. The standard InChI is InChI=1S/C32H32F5N5O5S2/c1-40-19-38-16-26(40)48(44,45)39-23-12-14-24(15-13-23)42(17-20-8-10-22(11-9-20)21-6-4-3-5-7-21)25(43)18-41(2)49(46,47)32-30(36)28(34)27(33)29(35)31(32)37/h8-16,19,21,39H,3-7,17-18H2,1-2H3. The van der Waals surface area contributed by atoms with E-state index in [1.165, 1.54) is 48.6 Å². The molecule has 1 aliphatic carbocycles. The molecule has 1 fully saturated rings. The first-order chi connectivity index (χ1) is 23.1. The summed E-state index contributed by atoms with van der Waals surface area (Å²) in [4.78, 5) is 16.6. The zero-order chi connectivity index (χ0) is 35.7. The first-order valence-corrected chi connectivity index (χ1v) is 18.0. The summed E-state index contributed by atoms with van der Waals surface area (Å²) in [6.45, 7) is -1.17. The minimum atomic E-state index is -5.41. The molecule has 17 heteroatoms. The number of hydrogen-bond acceptors (Lipinski definition) is 6. The van der Waals surface area contributed by atoms with E-state index in [-0.39, 0.29) is 27.3 Å². The largest absolute Gasteiger partial charge is 0.323 e. The van der Waals surface area contributed by atoms with Crippen LogP contribution in [-0.4, -0.2) is 50.2 Å². The summed E-state index contributed by atoms with van der Waals surface area (Å²) in [7, 11) is -7.18. The summed E-state index contributed by atoms with van der Waals surface area (Å²) in [6, 6.07) is 13.1. The van der Waals surface area contributed by atoms with Gasteiger partial charge in [0, 0.05) is 25.5 Å². The molecule has 49 heavy (non-hydrogen) atoms. The highest BCUT2D eigenvalue weighted by molar-refractivity contribution is 7.92. The van der Waals surface area contributed by atoms with Gasteiger partial charge >= 0.3 is 0 Å². The Morgan fingerprint density at radius 3 is 1.98 bits per heavy atom. The Balaban J connectivity index is 1.43. The molecule has 262 valence electrons. The first kappa shape index (κ1) is 35.9. The number of nitrogens with one attached hydrogen (secondary N) is 1. The molecule has 0 spiro atoms. The second kappa shape index (κ2) is 14.2. The third-order valence-corrected chi connectivity index (χ3v) is 11.6. The van der Waals surface area contributed by atoms with Crippen molar-refractivity contribution in [1.82, 2.24) is 13.9 Å². The van der Waals surface area contributed by atoms with Gasteiger partial charge < -0.3 is 9.47 Å². The molecule has 0 unspecified atom stereocenters. The van der Waals surface area contributed by atoms with Gasteiger partial charge in [0.15, 0.2) is 33.2 Å². The van der Waals surface area contributed by atoms with Crippen molar-refractivity contribution in [2.45, 2.75) is 54.5 Å². The van der Waals surface area contributed by atoms with Crippen molar-refractivity contribution in [3.63, 3.8) is 0 Å². The van der Waals surface area contributed by atoms with Crippen molar-refractivity contribution < 1.29 is 43.6 Å². The van der Waals surface area contributed by atoms with E-state index in [1.54, 1.807) is 0 Å². The highest BCUT2D eigenvalue weighted by Gasteiger charge is 2.37. The van der Waals surface area contributed by atoms with Crippen LogP contribution in [-0.2, 0) is 38.4 Å². The minimum absolute atomic E-state index is 0.108. The van der Waals surface area contributed by atoms with Crippen molar-refractivity contribution in [1.29, 1.82) is 0 Å². The Hall–Kier alpha value is -4.35. The SMILES string of the molecule is CN(CC(=O)N(Cc1ccc(C2CCCCC2)cc1)c1ccc(NS(=O)(=O)c2cncn2C)cc1)S(=O)(=O)c1c(F)c(F)c(F)c(F)c1F. The van der Waals surface area contributed by atoms with Crippen LogP contribution in [0.1, 0.15) is 49.1 Å². The molecule has 1 heterocycles. The van der Waals surface area contributed by atoms with Crippen LogP contribution in [0.5, 0.6) is 0 Å². The van der Waals surface area contributed by atoms with Crippen molar-refractivity contribution in [2.75, 3.05) is 23.2 Å². The molecule has 4 aromatic rings. The van der Waals surface area contributed by atoms with Crippen LogP contribution in [0.15, 0.2) is 71.0 Å². The predicted molar refractivity (Wildman–Crippen MR) is 170 cm³/mol. The Labute approximate surface area is 280 Å². The fourth-order valence-electron chi connectivity index (χ4n) is 5.69. The molecular weight excluding hydrogens is 694 g/mol. The van der Waals surface area contributed by atoms with Gasteiger partial charge in [-0.25, -0.2) is 35.4 Å². The minimum Gasteiger partial charge on any atom is -0.323 e. The van der Waals surface area contributed by atoms with Gasteiger partial charge in [0.05, 0.1) is 25.6 Å². The molecule has 0 aliphatic heterocycles. The number of aryl methyl sites for hydroxylation is 1. The van der Waals surface area contributed by atoms with E-state index >= 15 is 0 Å². The van der Waals surface area contributed by atoms with Gasteiger partial charge in [-0.1, -0.05) is 43.5 Å². The lowest BCUT2D eigenvalue weighted by Gasteiger charge is -2.27. The maximum atomic E-state index is 14.5. The average Bonchev–Trinajstić information content (AvgIpc) is 3.53. The van der Waals surface area contributed by atoms with Crippen LogP contribution in [0, 0.1) is 29.1 Å². The molecule has 1 amide bonds. The molecule has 0 radical (unpaired) electrons. The van der Waals surface area contributed by atoms with Gasteiger partial charge in [-0.2, -0.15) is 12.7 Å². The van der Waals surface area contributed by atoms with E-state index in [2.05, 4.69) is 9.71 Å². The number of amides is 1. The van der Waals surface area contributed by atoms with Crippen LogP contribution in [0.2, 0.25) is 0 Å². The third-order valence-electron chi connectivity index (χ3n) is 8.37. The van der Waals surface area contributed by atoms with Gasteiger partial charge in [0.25, 0.3) is 10.0 Å². The number of rotatable bonds is 11. The second-order valence-electron chi connectivity index (χ2n) is 11.7.